The molecule has 1 aliphatic carbocycles. The minimum absolute atomic E-state index is 0.113. The minimum Gasteiger partial charge on any atom is -0.378 e. The molecule has 5 nitrogen and oxygen atoms in total. The van der Waals surface area contributed by atoms with E-state index in [1.165, 1.54) is 6.26 Å². The van der Waals surface area contributed by atoms with Gasteiger partial charge in [0.15, 0.2) is 9.84 Å². The lowest BCUT2D eigenvalue weighted by atomic mass is 9.72. The summed E-state index contributed by atoms with van der Waals surface area (Å²) in [4.78, 5) is 0.325. The summed E-state index contributed by atoms with van der Waals surface area (Å²) in [6.45, 7) is 0.786. The molecule has 2 aliphatic rings. The van der Waals surface area contributed by atoms with Gasteiger partial charge in [0.1, 0.15) is 0 Å². The number of hydrogen-bond donors (Lipinski definition) is 2. The predicted octanol–water partition coefficient (Wildman–Crippen LogP) is 0.617. The van der Waals surface area contributed by atoms with Gasteiger partial charge in [0.05, 0.1) is 17.0 Å². The molecule has 3 rings (SSSR count). The summed E-state index contributed by atoms with van der Waals surface area (Å²) in [6, 6.07) is 6.99. The summed E-state index contributed by atoms with van der Waals surface area (Å²) in [7, 11) is -3.14. The molecule has 1 saturated carbocycles. The highest BCUT2D eigenvalue weighted by Crippen LogP contribution is 2.39. The molecule has 3 N–H and O–H groups in total. The Morgan fingerprint density at radius 1 is 1.32 bits per heavy atom. The Labute approximate surface area is 113 Å². The molecule has 0 aromatic heterocycles. The lowest BCUT2D eigenvalue weighted by Crippen LogP contribution is -2.65. The lowest BCUT2D eigenvalue weighted by Gasteiger charge is -2.46. The number of benzene rings is 1. The van der Waals surface area contributed by atoms with Gasteiger partial charge in [-0.05, 0) is 30.7 Å². The third-order valence-electron chi connectivity index (χ3n) is 4.06. The van der Waals surface area contributed by atoms with Gasteiger partial charge in [0, 0.05) is 30.5 Å². The number of nitrogens with one attached hydrogen (secondary N) is 1. The molecule has 0 bridgehead atoms. The second-order valence-corrected chi connectivity index (χ2v) is 7.35. The Kier molecular flexibility index (Phi) is 3.03. The predicted molar refractivity (Wildman–Crippen MR) is 72.8 cm³/mol. The van der Waals surface area contributed by atoms with Crippen molar-refractivity contribution in [1.82, 2.24) is 0 Å². The van der Waals surface area contributed by atoms with E-state index < -0.39 is 9.84 Å². The van der Waals surface area contributed by atoms with Crippen LogP contribution in [0.1, 0.15) is 6.42 Å². The van der Waals surface area contributed by atoms with Gasteiger partial charge in [-0.15, -0.1) is 0 Å². The Hall–Kier alpha value is -1.11. The second-order valence-electron chi connectivity index (χ2n) is 5.33. The quantitative estimate of drug-likeness (QED) is 0.849. The number of nitrogens with two attached hydrogens (primary N) is 1. The zero-order valence-corrected chi connectivity index (χ0v) is 11.6. The summed E-state index contributed by atoms with van der Waals surface area (Å²) in [5, 5.41) is 3.33. The maximum Gasteiger partial charge on any atom is 0.175 e. The first-order valence-corrected chi connectivity index (χ1v) is 8.30. The van der Waals surface area contributed by atoms with Crippen LogP contribution in [0.4, 0.5) is 5.69 Å². The van der Waals surface area contributed by atoms with E-state index >= 15 is 0 Å². The maximum atomic E-state index is 11.4. The molecule has 1 saturated heterocycles. The van der Waals surface area contributed by atoms with Crippen molar-refractivity contribution in [2.75, 3.05) is 18.2 Å². The standard InChI is InChI=1S/C13H18N2O3S/c1-19(16,17)9-4-2-8(3-5-9)15-12-11(14)10-6-7-18-13(10)12/h2-5,10-13,15H,6-7,14H2,1H3. The molecular formula is C13H18N2O3S. The Morgan fingerprint density at radius 3 is 2.63 bits per heavy atom. The number of rotatable bonds is 3. The van der Waals surface area contributed by atoms with Crippen molar-refractivity contribution in [3.63, 3.8) is 0 Å². The van der Waals surface area contributed by atoms with Crippen LogP contribution in [0.3, 0.4) is 0 Å². The zero-order chi connectivity index (χ0) is 13.6. The van der Waals surface area contributed by atoms with E-state index in [-0.39, 0.29) is 18.2 Å². The Bertz CT molecular complexity index is 570. The fraction of sp³-hybridized carbons (Fsp3) is 0.538. The van der Waals surface area contributed by atoms with Gasteiger partial charge in [0.2, 0.25) is 0 Å². The molecule has 1 heterocycles. The van der Waals surface area contributed by atoms with Crippen molar-refractivity contribution in [2.24, 2.45) is 11.7 Å². The fourth-order valence-corrected chi connectivity index (χ4v) is 3.55. The summed E-state index contributed by atoms with van der Waals surface area (Å²) >= 11 is 0. The van der Waals surface area contributed by atoms with Gasteiger partial charge >= 0.3 is 0 Å². The molecular weight excluding hydrogens is 264 g/mol. The van der Waals surface area contributed by atoms with Gasteiger partial charge in [-0.1, -0.05) is 0 Å². The molecule has 19 heavy (non-hydrogen) atoms. The molecule has 104 valence electrons. The zero-order valence-electron chi connectivity index (χ0n) is 10.7. The van der Waals surface area contributed by atoms with Crippen LogP contribution in [0.2, 0.25) is 0 Å². The van der Waals surface area contributed by atoms with Crippen LogP contribution in [0, 0.1) is 5.92 Å². The smallest absolute Gasteiger partial charge is 0.175 e. The van der Waals surface area contributed by atoms with Crippen molar-refractivity contribution < 1.29 is 13.2 Å². The Balaban J connectivity index is 1.71. The number of anilines is 1. The van der Waals surface area contributed by atoms with Crippen molar-refractivity contribution in [3.05, 3.63) is 24.3 Å². The minimum atomic E-state index is -3.14. The van der Waals surface area contributed by atoms with E-state index in [0.29, 0.717) is 10.8 Å². The Morgan fingerprint density at radius 2 is 2.00 bits per heavy atom. The van der Waals surface area contributed by atoms with Crippen LogP contribution in [0.15, 0.2) is 29.2 Å². The highest BCUT2D eigenvalue weighted by atomic mass is 32.2. The summed E-state index contributed by atoms with van der Waals surface area (Å²) < 4.78 is 28.4. The monoisotopic (exact) mass is 282 g/mol. The van der Waals surface area contributed by atoms with Crippen LogP contribution in [-0.2, 0) is 14.6 Å². The number of ether oxygens (including phenoxy) is 1. The third-order valence-corrected chi connectivity index (χ3v) is 5.19. The van der Waals surface area contributed by atoms with E-state index in [1.54, 1.807) is 24.3 Å². The highest BCUT2D eigenvalue weighted by Gasteiger charge is 2.52. The van der Waals surface area contributed by atoms with Gasteiger partial charge in [0.25, 0.3) is 0 Å². The number of fused-ring (bicyclic) bond motifs is 1. The van der Waals surface area contributed by atoms with Gasteiger partial charge in [-0.2, -0.15) is 0 Å². The molecule has 1 aromatic rings. The normalized spacial score (nSPS) is 33.6. The average molecular weight is 282 g/mol. The topological polar surface area (TPSA) is 81.4 Å². The van der Waals surface area contributed by atoms with Crippen molar-refractivity contribution in [1.29, 1.82) is 0 Å². The van der Waals surface area contributed by atoms with Crippen LogP contribution >= 0.6 is 0 Å². The molecule has 1 aromatic carbocycles. The molecule has 2 fully saturated rings. The third kappa shape index (κ3) is 2.24. The lowest BCUT2D eigenvalue weighted by molar-refractivity contribution is 0.00537. The van der Waals surface area contributed by atoms with E-state index in [0.717, 1.165) is 18.7 Å². The molecule has 0 spiro atoms. The van der Waals surface area contributed by atoms with E-state index in [4.69, 9.17) is 10.5 Å². The molecule has 4 atom stereocenters. The van der Waals surface area contributed by atoms with E-state index in [2.05, 4.69) is 5.32 Å². The number of hydrogen-bond acceptors (Lipinski definition) is 5. The van der Waals surface area contributed by atoms with Gasteiger partial charge in [-0.25, -0.2) is 8.42 Å². The van der Waals surface area contributed by atoms with Gasteiger partial charge < -0.3 is 15.8 Å². The maximum absolute atomic E-state index is 11.4. The van der Waals surface area contributed by atoms with E-state index in [1.807, 2.05) is 0 Å². The molecule has 6 heteroatoms. The highest BCUT2D eigenvalue weighted by molar-refractivity contribution is 7.90. The summed E-state index contributed by atoms with van der Waals surface area (Å²) in [6.07, 6.45) is 2.44. The number of sulfone groups is 1. The molecule has 0 amide bonds. The summed E-state index contributed by atoms with van der Waals surface area (Å²) in [5.74, 6) is 0.466. The first-order chi connectivity index (χ1) is 8.97. The van der Waals surface area contributed by atoms with Crippen LogP contribution in [0.25, 0.3) is 0 Å². The summed E-state index contributed by atoms with van der Waals surface area (Å²) in [5.41, 5.74) is 6.99. The molecule has 1 aliphatic heterocycles. The van der Waals surface area contributed by atoms with Gasteiger partial charge in [-0.3, -0.25) is 0 Å². The van der Waals surface area contributed by atoms with Crippen LogP contribution < -0.4 is 11.1 Å². The average Bonchev–Trinajstić information content (AvgIpc) is 2.80. The van der Waals surface area contributed by atoms with Crippen molar-refractivity contribution in [3.8, 4) is 0 Å². The fourth-order valence-electron chi connectivity index (χ4n) is 2.92. The largest absolute Gasteiger partial charge is 0.378 e. The van der Waals surface area contributed by atoms with Crippen LogP contribution in [-0.4, -0.2) is 39.5 Å². The van der Waals surface area contributed by atoms with E-state index in [9.17, 15) is 8.42 Å². The SMILES string of the molecule is CS(=O)(=O)c1ccc(NC2C(N)C3CCOC32)cc1. The first kappa shape index (κ1) is 12.9. The second kappa shape index (κ2) is 4.47. The first-order valence-electron chi connectivity index (χ1n) is 6.41. The van der Waals surface area contributed by atoms with Crippen molar-refractivity contribution >= 4 is 15.5 Å². The molecule has 4 unspecified atom stereocenters. The van der Waals surface area contributed by atoms with Crippen LogP contribution in [0.5, 0.6) is 0 Å². The van der Waals surface area contributed by atoms with Crippen molar-refractivity contribution in [2.45, 2.75) is 29.5 Å². The molecule has 0 radical (unpaired) electrons.